The van der Waals surface area contributed by atoms with Gasteiger partial charge in [0, 0.05) is 61.3 Å². The Labute approximate surface area is 72.8 Å². The minimum atomic E-state index is 0. The van der Waals surface area contributed by atoms with Crippen molar-refractivity contribution >= 4 is 12.4 Å². The molecule has 0 saturated heterocycles. The van der Waals surface area contributed by atoms with Gasteiger partial charge in [-0.25, -0.2) is 0 Å². The maximum Gasteiger partial charge on any atom is 0 e. The Balaban J connectivity index is 0. The molecule has 0 aliphatic heterocycles. The molecule has 0 aromatic carbocycles. The zero-order valence-electron chi connectivity index (χ0n) is 1.33. The van der Waals surface area contributed by atoms with E-state index in [0.29, 0.717) is 0 Å². The molecule has 0 bridgehead atoms. The van der Waals surface area contributed by atoms with E-state index >= 15 is 0 Å². The first-order valence-corrected chi connectivity index (χ1v) is 0. The van der Waals surface area contributed by atoms with E-state index in [1.807, 2.05) is 0 Å². The smallest absolute Gasteiger partial charge is 0 e. The molecule has 0 aromatic heterocycles. The Morgan fingerprint density at radius 1 is 0.750 bits per heavy atom. The topological polar surface area (TPSA) is 0 Å². The molecule has 0 N–H and O–H groups in total. The standard InChI is InChI=1S/2Ag.ClH.Ni/h;;1H;. The van der Waals surface area contributed by atoms with Gasteiger partial charge in [0.2, 0.25) is 0 Å². The third kappa shape index (κ3) is 8.86. The van der Waals surface area contributed by atoms with Gasteiger partial charge in [0.15, 0.2) is 0 Å². The van der Waals surface area contributed by atoms with Crippen LogP contribution in [0.1, 0.15) is 0 Å². The molecule has 0 aliphatic rings. The molecule has 0 amide bonds. The van der Waals surface area contributed by atoms with Crippen molar-refractivity contribution in [2.45, 2.75) is 0 Å². The third-order valence-electron chi connectivity index (χ3n) is 0. The second kappa shape index (κ2) is 18.7. The molecule has 0 saturated carbocycles. The molecule has 0 fully saturated rings. The van der Waals surface area contributed by atoms with Crippen molar-refractivity contribution in [3.63, 3.8) is 0 Å². The minimum Gasteiger partial charge on any atom is -0.147 e. The van der Waals surface area contributed by atoms with Crippen LogP contribution in [0, 0.1) is 0 Å². The van der Waals surface area contributed by atoms with E-state index in [0.717, 1.165) is 0 Å². The second-order valence-electron chi connectivity index (χ2n) is 0. The van der Waals surface area contributed by atoms with E-state index in [9.17, 15) is 0 Å². The molecule has 0 aliphatic carbocycles. The van der Waals surface area contributed by atoms with Crippen molar-refractivity contribution in [2.24, 2.45) is 0 Å². The Kier molecular flexibility index (Phi) is 158. The average Bonchev–Trinajstić information content (AvgIpc) is 0. The fourth-order valence-corrected chi connectivity index (χ4v) is 0. The number of rotatable bonds is 0. The van der Waals surface area contributed by atoms with Gasteiger partial charge in [-0.15, -0.1) is 12.4 Å². The summed E-state index contributed by atoms with van der Waals surface area (Å²) in [7, 11) is 0. The molecule has 0 rings (SSSR count). The first kappa shape index (κ1) is 33.9. The summed E-state index contributed by atoms with van der Waals surface area (Å²) in [6.45, 7) is 0. The van der Waals surface area contributed by atoms with Gasteiger partial charge in [0.05, 0.1) is 0 Å². The van der Waals surface area contributed by atoms with Crippen LogP contribution in [0.5, 0.6) is 0 Å². The maximum atomic E-state index is 0. The molecule has 0 aromatic rings. The fourth-order valence-electron chi connectivity index (χ4n) is 0. The summed E-state index contributed by atoms with van der Waals surface area (Å²) in [6.07, 6.45) is 0. The molecule has 0 unspecified atom stereocenters. The predicted octanol–water partition coefficient (Wildman–Crippen LogP) is 0.414. The predicted molar refractivity (Wildman–Crippen MR) is 7.25 cm³/mol. The van der Waals surface area contributed by atoms with Crippen molar-refractivity contribution in [1.29, 1.82) is 0 Å². The summed E-state index contributed by atoms with van der Waals surface area (Å²) in [6, 6.07) is 0. The Hall–Kier alpha value is 2.26. The normalized spacial score (nSPS) is 0. The average molecular weight is 311 g/mol. The van der Waals surface area contributed by atoms with E-state index in [-0.39, 0.29) is 73.7 Å². The van der Waals surface area contributed by atoms with E-state index in [4.69, 9.17) is 0 Å². The summed E-state index contributed by atoms with van der Waals surface area (Å²) >= 11 is 0. The molecule has 2 radical (unpaired) electrons. The van der Waals surface area contributed by atoms with Crippen LogP contribution in [-0.2, 0) is 61.3 Å². The largest absolute Gasteiger partial charge is 0.147 e. The first-order valence-electron chi connectivity index (χ1n) is 0. The quantitative estimate of drug-likeness (QED) is 0.569. The van der Waals surface area contributed by atoms with Crippen LogP contribution in [0.2, 0.25) is 0 Å². The number of halogens is 1. The minimum absolute atomic E-state index is 0. The van der Waals surface area contributed by atoms with Crippen molar-refractivity contribution < 1.29 is 61.3 Å². The first-order chi connectivity index (χ1) is 0. The van der Waals surface area contributed by atoms with Gasteiger partial charge in [0.25, 0.3) is 0 Å². The Morgan fingerprint density at radius 3 is 0.750 bits per heavy atom. The summed E-state index contributed by atoms with van der Waals surface area (Å²) in [4.78, 5) is 0. The molecular formula is HAg2ClNi. The summed E-state index contributed by atoms with van der Waals surface area (Å²) in [5, 5.41) is 0. The number of hydrogen-bond donors (Lipinski definition) is 0. The van der Waals surface area contributed by atoms with Gasteiger partial charge < -0.3 is 0 Å². The van der Waals surface area contributed by atoms with Crippen LogP contribution in [0.25, 0.3) is 0 Å². The zero-order valence-corrected chi connectivity index (χ0v) is 6.10. The molecule has 4 heavy (non-hydrogen) atoms. The van der Waals surface area contributed by atoms with Gasteiger partial charge in [-0.1, -0.05) is 0 Å². The number of hydrogen-bond acceptors (Lipinski definition) is 0. The van der Waals surface area contributed by atoms with Crippen molar-refractivity contribution in [3.05, 3.63) is 0 Å². The third-order valence-corrected chi connectivity index (χ3v) is 0. The molecular weight excluding hydrogens is 310 g/mol. The van der Waals surface area contributed by atoms with Crippen LogP contribution in [0.15, 0.2) is 0 Å². The van der Waals surface area contributed by atoms with E-state index in [1.54, 1.807) is 0 Å². The Bertz CT molecular complexity index is 6.00. The molecule has 40 valence electrons. The molecule has 0 atom stereocenters. The molecule has 4 heteroatoms. The summed E-state index contributed by atoms with van der Waals surface area (Å²) in [5.41, 5.74) is 0. The molecule has 0 heterocycles. The van der Waals surface area contributed by atoms with Gasteiger partial charge in [-0.05, 0) is 0 Å². The SMILES string of the molecule is Cl.[Ag].[Ag].[Ni]. The van der Waals surface area contributed by atoms with Crippen molar-refractivity contribution in [2.75, 3.05) is 0 Å². The zero-order chi connectivity index (χ0) is 0. The van der Waals surface area contributed by atoms with E-state index < -0.39 is 0 Å². The van der Waals surface area contributed by atoms with Crippen molar-refractivity contribution in [1.82, 2.24) is 0 Å². The summed E-state index contributed by atoms with van der Waals surface area (Å²) in [5.74, 6) is 0. The van der Waals surface area contributed by atoms with Crippen LogP contribution in [-0.4, -0.2) is 0 Å². The molecule has 0 spiro atoms. The van der Waals surface area contributed by atoms with E-state index in [1.165, 1.54) is 0 Å². The maximum absolute atomic E-state index is 0. The van der Waals surface area contributed by atoms with Crippen LogP contribution >= 0.6 is 12.4 Å². The fraction of sp³-hybridized carbons (Fsp3) is 0. The van der Waals surface area contributed by atoms with Gasteiger partial charge in [-0.3, -0.25) is 0 Å². The van der Waals surface area contributed by atoms with Crippen molar-refractivity contribution in [3.8, 4) is 0 Å². The van der Waals surface area contributed by atoms with Crippen LogP contribution in [0.4, 0.5) is 0 Å². The monoisotopic (exact) mass is 308 g/mol. The summed E-state index contributed by atoms with van der Waals surface area (Å²) < 4.78 is 0. The second-order valence-corrected chi connectivity index (χ2v) is 0. The van der Waals surface area contributed by atoms with E-state index in [2.05, 4.69) is 0 Å². The van der Waals surface area contributed by atoms with Gasteiger partial charge in [0.1, 0.15) is 0 Å². The van der Waals surface area contributed by atoms with Crippen LogP contribution < -0.4 is 0 Å². The van der Waals surface area contributed by atoms with Gasteiger partial charge >= 0.3 is 0 Å². The van der Waals surface area contributed by atoms with Gasteiger partial charge in [-0.2, -0.15) is 0 Å². The Morgan fingerprint density at radius 2 is 0.750 bits per heavy atom. The van der Waals surface area contributed by atoms with Crippen LogP contribution in [0.3, 0.4) is 0 Å². The molecule has 0 nitrogen and oxygen atoms in total.